The van der Waals surface area contributed by atoms with Crippen molar-refractivity contribution in [2.45, 2.75) is 165 Å². The molecule has 9 atom stereocenters. The van der Waals surface area contributed by atoms with Crippen molar-refractivity contribution in [2.75, 3.05) is 33.0 Å². The Labute approximate surface area is 318 Å². The Morgan fingerprint density at radius 2 is 1.36 bits per heavy atom. The molecule has 1 aromatic rings. The molecule has 296 valence electrons. The van der Waals surface area contributed by atoms with Gasteiger partial charge >= 0.3 is 0 Å². The number of Topliss-reactive ketones (excluding diaryl/α,β-unsaturated/α-hetero) is 1. The van der Waals surface area contributed by atoms with Gasteiger partial charge in [-0.25, -0.2) is 0 Å². The SMILES string of the molecule is O=C(CCCC=CC[C@@H]1[C@@H](C=CC(CCc2ccccc2)O[C@H]2CCCCO2)[C@H](OC2CCCCO2)C[C@@H]1OC1CCCCO1)COC1CCCCO1. The van der Waals surface area contributed by atoms with Crippen LogP contribution in [0.1, 0.15) is 121 Å². The number of allylic oxidation sites excluding steroid dienone is 2. The maximum Gasteiger partial charge on any atom is 0.158 e. The zero-order valence-corrected chi connectivity index (χ0v) is 32.0. The van der Waals surface area contributed by atoms with E-state index in [9.17, 15) is 4.79 Å². The number of ketones is 1. The first-order chi connectivity index (χ1) is 26.2. The van der Waals surface area contributed by atoms with Gasteiger partial charge in [-0.2, -0.15) is 0 Å². The van der Waals surface area contributed by atoms with E-state index in [0.717, 1.165) is 142 Å². The average Bonchev–Trinajstić information content (AvgIpc) is 3.52. The van der Waals surface area contributed by atoms with E-state index in [2.05, 4.69) is 54.6 Å². The number of carbonyl (C=O) groups is 1. The van der Waals surface area contributed by atoms with E-state index < -0.39 is 0 Å². The topological polar surface area (TPSA) is 90.9 Å². The van der Waals surface area contributed by atoms with E-state index in [1.807, 2.05) is 0 Å². The van der Waals surface area contributed by atoms with Crippen molar-refractivity contribution < 1.29 is 42.7 Å². The molecule has 4 heterocycles. The van der Waals surface area contributed by atoms with Crippen LogP contribution in [0.15, 0.2) is 54.6 Å². The van der Waals surface area contributed by atoms with Crippen LogP contribution in [-0.4, -0.2) is 82.3 Å². The number of unbranched alkanes of at least 4 members (excludes halogenated alkanes) is 1. The molecule has 0 spiro atoms. The summed E-state index contributed by atoms with van der Waals surface area (Å²) in [7, 11) is 0. The number of hydrogen-bond donors (Lipinski definition) is 0. The van der Waals surface area contributed by atoms with Crippen LogP contribution in [0.3, 0.4) is 0 Å². The second kappa shape index (κ2) is 23.2. The van der Waals surface area contributed by atoms with Crippen LogP contribution in [0.4, 0.5) is 0 Å². The van der Waals surface area contributed by atoms with Gasteiger partial charge in [-0.15, -0.1) is 0 Å². The van der Waals surface area contributed by atoms with Gasteiger partial charge in [0.05, 0.1) is 18.3 Å². The molecule has 9 heteroatoms. The molecule has 0 radical (unpaired) electrons. The minimum atomic E-state index is -0.223. The summed E-state index contributed by atoms with van der Waals surface area (Å²) >= 11 is 0. The van der Waals surface area contributed by atoms with E-state index in [4.69, 9.17) is 37.9 Å². The summed E-state index contributed by atoms with van der Waals surface area (Å²) in [6, 6.07) is 10.7. The lowest BCUT2D eigenvalue weighted by Crippen LogP contribution is -2.31. The summed E-state index contributed by atoms with van der Waals surface area (Å²) in [6.07, 6.45) is 26.4. The smallest absolute Gasteiger partial charge is 0.158 e. The normalized spacial score (nSPS) is 32.0. The van der Waals surface area contributed by atoms with Crippen molar-refractivity contribution in [1.29, 1.82) is 0 Å². The van der Waals surface area contributed by atoms with Crippen molar-refractivity contribution in [3.05, 3.63) is 60.2 Å². The largest absolute Gasteiger partial charge is 0.353 e. The van der Waals surface area contributed by atoms with Crippen LogP contribution >= 0.6 is 0 Å². The molecule has 9 nitrogen and oxygen atoms in total. The van der Waals surface area contributed by atoms with Gasteiger partial charge < -0.3 is 37.9 Å². The monoisotopic (exact) mass is 738 g/mol. The van der Waals surface area contributed by atoms with Crippen LogP contribution in [0.25, 0.3) is 0 Å². The predicted octanol–water partition coefficient (Wildman–Crippen LogP) is 8.78. The molecular weight excluding hydrogens is 672 g/mol. The zero-order valence-electron chi connectivity index (χ0n) is 32.0. The van der Waals surface area contributed by atoms with Crippen LogP contribution in [0.5, 0.6) is 0 Å². The van der Waals surface area contributed by atoms with E-state index in [0.29, 0.717) is 6.42 Å². The third kappa shape index (κ3) is 14.3. The maximum absolute atomic E-state index is 12.5. The quantitative estimate of drug-likeness (QED) is 0.0962. The fraction of sp³-hybridized carbons (Fsp3) is 0.750. The molecule has 0 aromatic heterocycles. The molecule has 1 saturated carbocycles. The van der Waals surface area contributed by atoms with Gasteiger partial charge in [0.2, 0.25) is 0 Å². The standard InChI is InChI=1S/C44H66O9/c45-35(33-50-41-20-8-12-28-46-41)18-6-1-2-7-19-37-38(27-26-36(51-42-21-9-13-29-47-42)25-24-34-16-4-3-5-17-34)40(53-44-23-11-15-31-49-44)32-39(37)52-43-22-10-14-30-48-43/h2-5,7,16-17,26-27,36-44H,1,6,8-15,18-25,28-33H2/t36?,37-,38-,39+,40-,41?,42+,43?,44?/m1/s1. The summed E-state index contributed by atoms with van der Waals surface area (Å²) in [5, 5.41) is 0. The Balaban J connectivity index is 1.12. The van der Waals surface area contributed by atoms with Crippen molar-refractivity contribution in [3.8, 4) is 0 Å². The highest BCUT2D eigenvalue weighted by Crippen LogP contribution is 2.42. The fourth-order valence-electron chi connectivity index (χ4n) is 8.31. The fourth-order valence-corrected chi connectivity index (χ4v) is 8.31. The van der Waals surface area contributed by atoms with E-state index in [-0.39, 0.29) is 67.7 Å². The maximum atomic E-state index is 12.5. The van der Waals surface area contributed by atoms with Gasteiger partial charge in [-0.05, 0) is 121 Å². The van der Waals surface area contributed by atoms with Crippen LogP contribution in [0.2, 0.25) is 0 Å². The number of aryl methyl sites for hydroxylation is 1. The first-order valence-electron chi connectivity index (χ1n) is 21.1. The Hall–Kier alpha value is -1.95. The van der Waals surface area contributed by atoms with Gasteiger partial charge in [0.25, 0.3) is 0 Å². The molecule has 0 bridgehead atoms. The number of benzene rings is 1. The number of rotatable bonds is 20. The lowest BCUT2D eigenvalue weighted by Gasteiger charge is -2.30. The molecule has 4 aliphatic heterocycles. The third-order valence-electron chi connectivity index (χ3n) is 11.3. The van der Waals surface area contributed by atoms with Crippen molar-refractivity contribution in [1.82, 2.24) is 0 Å². The molecule has 0 N–H and O–H groups in total. The van der Waals surface area contributed by atoms with Gasteiger partial charge in [0.1, 0.15) is 6.61 Å². The van der Waals surface area contributed by atoms with Crippen LogP contribution in [0, 0.1) is 11.8 Å². The molecular formula is C44H66O9. The molecule has 5 fully saturated rings. The Morgan fingerprint density at radius 1 is 0.736 bits per heavy atom. The highest BCUT2D eigenvalue weighted by atomic mass is 16.7. The second-order valence-corrected chi connectivity index (χ2v) is 15.5. The molecule has 1 aromatic carbocycles. The van der Waals surface area contributed by atoms with Gasteiger partial charge in [0, 0.05) is 45.2 Å². The molecule has 6 rings (SSSR count). The number of hydrogen-bond acceptors (Lipinski definition) is 9. The minimum absolute atomic E-state index is 0.00270. The van der Waals surface area contributed by atoms with Crippen molar-refractivity contribution >= 4 is 5.78 Å². The number of carbonyl (C=O) groups excluding carboxylic acids is 1. The first-order valence-corrected chi connectivity index (χ1v) is 21.1. The summed E-state index contributed by atoms with van der Waals surface area (Å²) < 4.78 is 49.8. The number of ether oxygens (including phenoxy) is 8. The first kappa shape index (κ1) is 40.7. The Bertz CT molecular complexity index is 1200. The van der Waals surface area contributed by atoms with Crippen molar-refractivity contribution in [3.63, 3.8) is 0 Å². The highest BCUT2D eigenvalue weighted by molar-refractivity contribution is 5.79. The Kier molecular flexibility index (Phi) is 17.8. The molecule has 4 unspecified atom stereocenters. The van der Waals surface area contributed by atoms with Crippen LogP contribution < -0.4 is 0 Å². The second-order valence-electron chi connectivity index (χ2n) is 15.5. The van der Waals surface area contributed by atoms with E-state index >= 15 is 0 Å². The molecule has 4 saturated heterocycles. The third-order valence-corrected chi connectivity index (χ3v) is 11.3. The summed E-state index contributed by atoms with van der Waals surface area (Å²) in [5.41, 5.74) is 1.31. The molecule has 1 aliphatic carbocycles. The summed E-state index contributed by atoms with van der Waals surface area (Å²) in [5.74, 6) is 0.463. The minimum Gasteiger partial charge on any atom is -0.353 e. The summed E-state index contributed by atoms with van der Waals surface area (Å²) in [6.45, 7) is 3.12. The Morgan fingerprint density at radius 3 is 2.00 bits per heavy atom. The molecule has 53 heavy (non-hydrogen) atoms. The zero-order chi connectivity index (χ0) is 36.3. The molecule has 0 amide bonds. The average molecular weight is 739 g/mol. The van der Waals surface area contributed by atoms with E-state index in [1.54, 1.807) is 0 Å². The highest BCUT2D eigenvalue weighted by Gasteiger charge is 2.45. The van der Waals surface area contributed by atoms with Gasteiger partial charge in [0.15, 0.2) is 30.9 Å². The van der Waals surface area contributed by atoms with E-state index in [1.165, 1.54) is 5.56 Å². The van der Waals surface area contributed by atoms with Crippen LogP contribution in [-0.2, 0) is 49.1 Å². The van der Waals surface area contributed by atoms with Gasteiger partial charge in [-0.1, -0.05) is 54.6 Å². The lowest BCUT2D eigenvalue weighted by atomic mass is 9.89. The lowest BCUT2D eigenvalue weighted by molar-refractivity contribution is -0.203. The van der Waals surface area contributed by atoms with Crippen molar-refractivity contribution in [2.24, 2.45) is 11.8 Å². The molecule has 5 aliphatic rings. The predicted molar refractivity (Wildman–Crippen MR) is 203 cm³/mol. The van der Waals surface area contributed by atoms with Gasteiger partial charge in [-0.3, -0.25) is 4.79 Å². The summed E-state index contributed by atoms with van der Waals surface area (Å²) in [4.78, 5) is 12.5.